The van der Waals surface area contributed by atoms with E-state index in [1.54, 1.807) is 23.9 Å². The highest BCUT2D eigenvalue weighted by atomic mass is 32.1. The minimum Gasteiger partial charge on any atom is -0.464 e. The summed E-state index contributed by atoms with van der Waals surface area (Å²) < 4.78 is 6.76. The van der Waals surface area contributed by atoms with Crippen molar-refractivity contribution in [1.82, 2.24) is 20.1 Å². The minimum atomic E-state index is -0.828. The molecule has 2 aromatic heterocycles. The molecule has 0 spiro atoms. The number of aromatic nitrogens is 3. The van der Waals surface area contributed by atoms with Crippen LogP contribution in [-0.2, 0) is 16.6 Å². The SMILES string of the molecule is CCOC(=O)[C@H](CS)NC(=O)c1cc(-c2cnn(C)c2C)nc2ccccc12. The highest BCUT2D eigenvalue weighted by Crippen LogP contribution is 2.26. The first kappa shape index (κ1) is 19.9. The van der Waals surface area contributed by atoms with Crippen LogP contribution in [0.15, 0.2) is 36.5 Å². The fourth-order valence-electron chi connectivity index (χ4n) is 2.91. The zero-order valence-electron chi connectivity index (χ0n) is 16.0. The summed E-state index contributed by atoms with van der Waals surface area (Å²) in [7, 11) is 1.85. The van der Waals surface area contributed by atoms with E-state index in [-0.39, 0.29) is 18.3 Å². The molecule has 1 aromatic carbocycles. The normalized spacial score (nSPS) is 12.0. The number of pyridine rings is 1. The van der Waals surface area contributed by atoms with Gasteiger partial charge in [0, 0.05) is 29.4 Å². The summed E-state index contributed by atoms with van der Waals surface area (Å²) in [4.78, 5) is 29.7. The van der Waals surface area contributed by atoms with E-state index in [1.165, 1.54) is 0 Å². The van der Waals surface area contributed by atoms with Crippen molar-refractivity contribution in [2.24, 2.45) is 7.05 Å². The number of nitrogens with zero attached hydrogens (tertiary/aromatic N) is 3. The van der Waals surface area contributed by atoms with E-state index < -0.39 is 12.0 Å². The van der Waals surface area contributed by atoms with Crippen molar-refractivity contribution in [3.8, 4) is 11.3 Å². The first-order chi connectivity index (χ1) is 13.5. The van der Waals surface area contributed by atoms with Crippen LogP contribution >= 0.6 is 12.6 Å². The maximum atomic E-state index is 13.0. The topological polar surface area (TPSA) is 86.1 Å². The Balaban J connectivity index is 2.05. The Morgan fingerprint density at radius 3 is 2.71 bits per heavy atom. The van der Waals surface area contributed by atoms with Gasteiger partial charge in [0.25, 0.3) is 5.91 Å². The van der Waals surface area contributed by atoms with E-state index >= 15 is 0 Å². The molecule has 0 fully saturated rings. The lowest BCUT2D eigenvalue weighted by molar-refractivity contribution is -0.144. The van der Waals surface area contributed by atoms with Crippen molar-refractivity contribution in [1.29, 1.82) is 0 Å². The molecule has 0 unspecified atom stereocenters. The first-order valence-corrected chi connectivity index (χ1v) is 9.56. The number of carbonyl (C=O) groups is 2. The molecule has 0 saturated carbocycles. The maximum absolute atomic E-state index is 13.0. The van der Waals surface area contributed by atoms with Crippen LogP contribution in [0, 0.1) is 6.92 Å². The Labute approximate surface area is 168 Å². The number of amides is 1. The minimum absolute atomic E-state index is 0.141. The van der Waals surface area contributed by atoms with E-state index in [2.05, 4.69) is 28.0 Å². The Morgan fingerprint density at radius 1 is 1.32 bits per heavy atom. The molecule has 28 heavy (non-hydrogen) atoms. The summed E-state index contributed by atoms with van der Waals surface area (Å²) in [6, 6.07) is 8.29. The van der Waals surface area contributed by atoms with Crippen molar-refractivity contribution >= 4 is 35.4 Å². The number of hydrogen-bond acceptors (Lipinski definition) is 6. The number of hydrogen-bond donors (Lipinski definition) is 2. The van der Waals surface area contributed by atoms with Gasteiger partial charge in [0.05, 0.1) is 29.6 Å². The number of thiol groups is 1. The van der Waals surface area contributed by atoms with Gasteiger partial charge in [-0.25, -0.2) is 9.78 Å². The highest BCUT2D eigenvalue weighted by Gasteiger charge is 2.23. The van der Waals surface area contributed by atoms with E-state index in [0.29, 0.717) is 22.2 Å². The summed E-state index contributed by atoms with van der Waals surface area (Å²) in [6.45, 7) is 3.90. The molecule has 146 valence electrons. The fourth-order valence-corrected chi connectivity index (χ4v) is 3.15. The molecule has 7 nitrogen and oxygen atoms in total. The second-order valence-corrected chi connectivity index (χ2v) is 6.67. The van der Waals surface area contributed by atoms with Crippen LogP contribution in [0.3, 0.4) is 0 Å². The van der Waals surface area contributed by atoms with Gasteiger partial charge >= 0.3 is 5.97 Å². The molecule has 2 heterocycles. The first-order valence-electron chi connectivity index (χ1n) is 8.93. The molecule has 3 aromatic rings. The number of ether oxygens (including phenoxy) is 1. The largest absolute Gasteiger partial charge is 0.464 e. The average molecular weight is 398 g/mol. The molecule has 1 N–H and O–H groups in total. The maximum Gasteiger partial charge on any atom is 0.329 e. The lowest BCUT2D eigenvalue weighted by atomic mass is 10.0. The van der Waals surface area contributed by atoms with Gasteiger partial charge < -0.3 is 10.1 Å². The van der Waals surface area contributed by atoms with Crippen molar-refractivity contribution in [3.05, 3.63) is 47.8 Å². The Hall–Kier alpha value is -2.87. The molecule has 0 radical (unpaired) electrons. The highest BCUT2D eigenvalue weighted by molar-refractivity contribution is 7.80. The number of carbonyl (C=O) groups excluding carboxylic acids is 2. The van der Waals surface area contributed by atoms with Crippen LogP contribution in [-0.4, -0.2) is 45.0 Å². The molecular formula is C20H22N4O3S. The van der Waals surface area contributed by atoms with Crippen molar-refractivity contribution < 1.29 is 14.3 Å². The quantitative estimate of drug-likeness (QED) is 0.492. The van der Waals surface area contributed by atoms with Gasteiger partial charge in [-0.05, 0) is 26.0 Å². The van der Waals surface area contributed by atoms with Crippen LogP contribution in [0.5, 0.6) is 0 Å². The Bertz CT molecular complexity index is 1030. The summed E-state index contributed by atoms with van der Waals surface area (Å²) in [5.41, 5.74) is 3.55. The molecule has 0 bridgehead atoms. The smallest absolute Gasteiger partial charge is 0.329 e. The second kappa shape index (κ2) is 8.43. The second-order valence-electron chi connectivity index (χ2n) is 6.30. The molecule has 0 aliphatic heterocycles. The van der Waals surface area contributed by atoms with Crippen molar-refractivity contribution in [2.45, 2.75) is 19.9 Å². The number of esters is 1. The number of benzene rings is 1. The third-order valence-electron chi connectivity index (χ3n) is 4.53. The number of nitrogens with one attached hydrogen (secondary N) is 1. The number of aryl methyl sites for hydroxylation is 1. The van der Waals surface area contributed by atoms with E-state index in [1.807, 2.05) is 38.2 Å². The third-order valence-corrected chi connectivity index (χ3v) is 4.90. The van der Waals surface area contributed by atoms with Crippen LogP contribution in [0.2, 0.25) is 0 Å². The number of fused-ring (bicyclic) bond motifs is 1. The molecule has 1 atom stereocenters. The van der Waals surface area contributed by atoms with Crippen molar-refractivity contribution in [3.63, 3.8) is 0 Å². The molecule has 3 rings (SSSR count). The molecule has 0 aliphatic rings. The third kappa shape index (κ3) is 3.87. The van der Waals surface area contributed by atoms with Gasteiger partial charge in [-0.1, -0.05) is 18.2 Å². The van der Waals surface area contributed by atoms with Gasteiger partial charge in [-0.2, -0.15) is 17.7 Å². The van der Waals surface area contributed by atoms with Gasteiger partial charge in [0.2, 0.25) is 0 Å². The van der Waals surface area contributed by atoms with E-state index in [0.717, 1.165) is 11.3 Å². The average Bonchev–Trinajstić information content (AvgIpc) is 3.03. The van der Waals surface area contributed by atoms with Gasteiger partial charge in [-0.15, -0.1) is 0 Å². The van der Waals surface area contributed by atoms with E-state index in [4.69, 9.17) is 4.74 Å². The molecule has 0 aliphatic carbocycles. The summed E-state index contributed by atoms with van der Waals surface area (Å²) in [6.07, 6.45) is 1.73. The van der Waals surface area contributed by atoms with Crippen LogP contribution < -0.4 is 5.32 Å². The van der Waals surface area contributed by atoms with Crippen LogP contribution in [0.4, 0.5) is 0 Å². The Morgan fingerprint density at radius 2 is 2.07 bits per heavy atom. The molecular weight excluding hydrogens is 376 g/mol. The van der Waals surface area contributed by atoms with E-state index in [9.17, 15) is 9.59 Å². The van der Waals surface area contributed by atoms with Crippen molar-refractivity contribution in [2.75, 3.05) is 12.4 Å². The molecule has 8 heteroatoms. The summed E-state index contributed by atoms with van der Waals surface area (Å²) in [5.74, 6) is -0.747. The summed E-state index contributed by atoms with van der Waals surface area (Å²) in [5, 5.41) is 7.68. The lowest BCUT2D eigenvalue weighted by Crippen LogP contribution is -2.43. The van der Waals surface area contributed by atoms with Gasteiger partial charge in [0.1, 0.15) is 6.04 Å². The van der Waals surface area contributed by atoms with Gasteiger partial charge in [-0.3, -0.25) is 9.48 Å². The van der Waals surface area contributed by atoms with Crippen LogP contribution in [0.25, 0.3) is 22.2 Å². The molecule has 0 saturated heterocycles. The number of rotatable bonds is 6. The number of para-hydroxylation sites is 1. The lowest BCUT2D eigenvalue weighted by Gasteiger charge is -2.16. The zero-order valence-corrected chi connectivity index (χ0v) is 16.9. The standard InChI is InChI=1S/C20H22N4O3S/c1-4-27-20(26)18(11-28)23-19(25)14-9-17(15-10-21-24(3)12(15)2)22-16-8-6-5-7-13(14)16/h5-10,18,28H,4,11H2,1-3H3,(H,23,25)/t18-/m0/s1. The molecule has 1 amide bonds. The predicted octanol–water partition coefficient (Wildman–Crippen LogP) is 2.54. The summed E-state index contributed by atoms with van der Waals surface area (Å²) >= 11 is 4.16. The predicted molar refractivity (Wildman–Crippen MR) is 110 cm³/mol. The zero-order chi connectivity index (χ0) is 20.3. The van der Waals surface area contributed by atoms with Crippen LogP contribution in [0.1, 0.15) is 23.0 Å². The fraction of sp³-hybridized carbons (Fsp3) is 0.300. The Kier molecular flexibility index (Phi) is 5.99. The monoisotopic (exact) mass is 398 g/mol. The van der Waals surface area contributed by atoms with Gasteiger partial charge in [0.15, 0.2) is 0 Å².